The van der Waals surface area contributed by atoms with Crippen LogP contribution >= 0.6 is 0 Å². The molecule has 1 aliphatic heterocycles. The van der Waals surface area contributed by atoms with E-state index in [-0.39, 0.29) is 15.8 Å². The van der Waals surface area contributed by atoms with Gasteiger partial charge >= 0.3 is 0 Å². The number of sulfonamides is 2. The zero-order chi connectivity index (χ0) is 20.2. The van der Waals surface area contributed by atoms with Crippen LogP contribution in [-0.2, 0) is 24.8 Å². The molecule has 1 aliphatic carbocycles. The summed E-state index contributed by atoms with van der Waals surface area (Å²) < 4.78 is 59.6. The molecule has 0 atom stereocenters. The first-order chi connectivity index (χ1) is 13.3. The van der Waals surface area contributed by atoms with Crippen LogP contribution < -0.4 is 4.72 Å². The molecule has 2 fully saturated rings. The SMILES string of the molecule is COCCCN1CCCN(S(=O)(=O)c2ccc(S(=O)(=O)NC3CC3)cc2)CC1. The Morgan fingerprint density at radius 3 is 2.32 bits per heavy atom. The number of hydrogen-bond donors (Lipinski definition) is 1. The van der Waals surface area contributed by atoms with Crippen LogP contribution in [0.2, 0.25) is 0 Å². The number of hydrogen-bond acceptors (Lipinski definition) is 6. The highest BCUT2D eigenvalue weighted by Crippen LogP contribution is 2.24. The molecular formula is C18H29N3O5S2. The van der Waals surface area contributed by atoms with E-state index < -0.39 is 20.0 Å². The summed E-state index contributed by atoms with van der Waals surface area (Å²) in [6, 6.07) is 5.52. The first kappa shape index (κ1) is 21.7. The molecule has 10 heteroatoms. The van der Waals surface area contributed by atoms with Gasteiger partial charge in [0.25, 0.3) is 0 Å². The van der Waals surface area contributed by atoms with Crippen LogP contribution in [0.3, 0.4) is 0 Å². The molecule has 1 aromatic carbocycles. The number of methoxy groups -OCH3 is 1. The number of nitrogens with zero attached hydrogens (tertiary/aromatic N) is 2. The van der Waals surface area contributed by atoms with Crippen LogP contribution in [0.15, 0.2) is 34.1 Å². The third kappa shape index (κ3) is 5.52. The van der Waals surface area contributed by atoms with Crippen molar-refractivity contribution < 1.29 is 21.6 Å². The predicted octanol–water partition coefficient (Wildman–Crippen LogP) is 0.860. The summed E-state index contributed by atoms with van der Waals surface area (Å²) in [6.45, 7) is 4.02. The van der Waals surface area contributed by atoms with Crippen molar-refractivity contribution >= 4 is 20.0 Å². The first-order valence-corrected chi connectivity index (χ1v) is 12.6. The smallest absolute Gasteiger partial charge is 0.243 e. The van der Waals surface area contributed by atoms with E-state index in [0.717, 1.165) is 38.8 Å². The van der Waals surface area contributed by atoms with Crippen molar-refractivity contribution in [2.24, 2.45) is 0 Å². The molecule has 0 amide bonds. The van der Waals surface area contributed by atoms with Gasteiger partial charge in [-0.3, -0.25) is 0 Å². The fourth-order valence-corrected chi connectivity index (χ4v) is 6.05. The average Bonchev–Trinajstić information content (AvgIpc) is 3.49. The van der Waals surface area contributed by atoms with Crippen LogP contribution in [0.5, 0.6) is 0 Å². The molecule has 8 nitrogen and oxygen atoms in total. The second-order valence-electron chi connectivity index (χ2n) is 7.31. The molecular weight excluding hydrogens is 402 g/mol. The molecule has 0 aromatic heterocycles. The molecule has 1 saturated heterocycles. The minimum atomic E-state index is -3.64. The monoisotopic (exact) mass is 431 g/mol. The zero-order valence-electron chi connectivity index (χ0n) is 16.2. The molecule has 28 heavy (non-hydrogen) atoms. The minimum Gasteiger partial charge on any atom is -0.385 e. The van der Waals surface area contributed by atoms with Crippen molar-refractivity contribution in [3.8, 4) is 0 Å². The number of ether oxygens (including phenoxy) is 1. The van der Waals surface area contributed by atoms with Gasteiger partial charge in [-0.1, -0.05) is 0 Å². The van der Waals surface area contributed by atoms with E-state index in [1.165, 1.54) is 28.6 Å². The van der Waals surface area contributed by atoms with Crippen molar-refractivity contribution in [2.45, 2.75) is 41.5 Å². The number of nitrogens with one attached hydrogen (secondary N) is 1. The van der Waals surface area contributed by atoms with Crippen LogP contribution in [0, 0.1) is 0 Å². The molecule has 0 unspecified atom stereocenters. The van der Waals surface area contributed by atoms with Gasteiger partial charge in [0.2, 0.25) is 20.0 Å². The molecule has 0 spiro atoms. The Morgan fingerprint density at radius 2 is 1.68 bits per heavy atom. The van der Waals surface area contributed by atoms with Gasteiger partial charge in [0.05, 0.1) is 9.79 Å². The van der Waals surface area contributed by atoms with Gasteiger partial charge < -0.3 is 9.64 Å². The largest absolute Gasteiger partial charge is 0.385 e. The average molecular weight is 432 g/mol. The van der Waals surface area contributed by atoms with Crippen molar-refractivity contribution in [1.29, 1.82) is 0 Å². The lowest BCUT2D eigenvalue weighted by atomic mass is 10.3. The maximum Gasteiger partial charge on any atom is 0.243 e. The summed E-state index contributed by atoms with van der Waals surface area (Å²) in [7, 11) is -5.55. The second kappa shape index (κ2) is 9.19. The summed E-state index contributed by atoms with van der Waals surface area (Å²) in [6.07, 6.45) is 3.39. The third-order valence-electron chi connectivity index (χ3n) is 5.04. The lowest BCUT2D eigenvalue weighted by molar-refractivity contribution is 0.173. The summed E-state index contributed by atoms with van der Waals surface area (Å²) in [4.78, 5) is 2.48. The van der Waals surface area contributed by atoms with Gasteiger partial charge in [0, 0.05) is 45.9 Å². The van der Waals surface area contributed by atoms with Gasteiger partial charge in [0.1, 0.15) is 0 Å². The molecule has 2 aliphatic rings. The van der Waals surface area contributed by atoms with Gasteiger partial charge in [-0.2, -0.15) is 4.31 Å². The standard InChI is InChI=1S/C18H29N3O5S2/c1-26-15-3-11-20-10-2-12-21(14-13-20)28(24,25)18-8-6-17(7-9-18)27(22,23)19-16-4-5-16/h6-9,16,19H,2-5,10-15H2,1H3. The third-order valence-corrected chi connectivity index (χ3v) is 8.49. The van der Waals surface area contributed by atoms with Gasteiger partial charge in [-0.25, -0.2) is 21.6 Å². The highest BCUT2D eigenvalue weighted by molar-refractivity contribution is 7.89. The molecule has 3 rings (SSSR count). The van der Waals surface area contributed by atoms with Crippen LogP contribution in [0.1, 0.15) is 25.7 Å². The first-order valence-electron chi connectivity index (χ1n) is 9.67. The minimum absolute atomic E-state index is 0.0114. The van der Waals surface area contributed by atoms with Gasteiger partial charge in [-0.15, -0.1) is 0 Å². The fraction of sp³-hybridized carbons (Fsp3) is 0.667. The topological polar surface area (TPSA) is 96.0 Å². The van der Waals surface area contributed by atoms with E-state index in [1.807, 2.05) is 0 Å². The van der Waals surface area contributed by atoms with Crippen molar-refractivity contribution in [2.75, 3.05) is 46.4 Å². The fourth-order valence-electron chi connectivity index (χ4n) is 3.27. The van der Waals surface area contributed by atoms with E-state index >= 15 is 0 Å². The Labute approximate surface area is 168 Å². The van der Waals surface area contributed by atoms with Gasteiger partial charge in [0.15, 0.2) is 0 Å². The van der Waals surface area contributed by atoms with E-state index in [9.17, 15) is 16.8 Å². The summed E-state index contributed by atoms with van der Waals surface area (Å²) in [5.74, 6) is 0. The zero-order valence-corrected chi connectivity index (χ0v) is 17.8. The Hall–Kier alpha value is -1.04. The quantitative estimate of drug-likeness (QED) is 0.583. The lowest BCUT2D eigenvalue weighted by Crippen LogP contribution is -2.35. The van der Waals surface area contributed by atoms with Gasteiger partial charge in [-0.05, 0) is 56.5 Å². The van der Waals surface area contributed by atoms with E-state index in [2.05, 4.69) is 9.62 Å². The molecule has 0 bridgehead atoms. The highest BCUT2D eigenvalue weighted by Gasteiger charge is 2.30. The molecule has 1 heterocycles. The second-order valence-corrected chi connectivity index (χ2v) is 11.0. The molecule has 1 aromatic rings. The Morgan fingerprint density at radius 1 is 1.00 bits per heavy atom. The van der Waals surface area contributed by atoms with E-state index in [4.69, 9.17) is 4.74 Å². The highest BCUT2D eigenvalue weighted by atomic mass is 32.2. The summed E-state index contributed by atoms with van der Waals surface area (Å²) in [5.41, 5.74) is 0. The number of benzene rings is 1. The molecule has 1 N–H and O–H groups in total. The lowest BCUT2D eigenvalue weighted by Gasteiger charge is -2.21. The normalized spacial score (nSPS) is 20.2. The maximum absolute atomic E-state index is 13.0. The maximum atomic E-state index is 13.0. The molecule has 0 radical (unpaired) electrons. The van der Waals surface area contributed by atoms with E-state index in [1.54, 1.807) is 7.11 Å². The van der Waals surface area contributed by atoms with Crippen LogP contribution in [0.25, 0.3) is 0 Å². The predicted molar refractivity (Wildman–Crippen MR) is 106 cm³/mol. The van der Waals surface area contributed by atoms with Crippen molar-refractivity contribution in [3.63, 3.8) is 0 Å². The summed E-state index contributed by atoms with van der Waals surface area (Å²) in [5, 5.41) is 0. The van der Waals surface area contributed by atoms with Crippen molar-refractivity contribution in [1.82, 2.24) is 13.9 Å². The van der Waals surface area contributed by atoms with Crippen LogP contribution in [-0.4, -0.2) is 78.5 Å². The van der Waals surface area contributed by atoms with Crippen molar-refractivity contribution in [3.05, 3.63) is 24.3 Å². The Bertz CT molecular complexity index is 852. The Kier molecular flexibility index (Phi) is 7.11. The summed E-state index contributed by atoms with van der Waals surface area (Å²) >= 11 is 0. The molecule has 158 valence electrons. The number of rotatable bonds is 9. The van der Waals surface area contributed by atoms with Crippen LogP contribution in [0.4, 0.5) is 0 Å². The Balaban J connectivity index is 1.65. The molecule has 1 saturated carbocycles. The van der Waals surface area contributed by atoms with E-state index in [0.29, 0.717) is 26.2 Å².